The number of hydrogen-bond acceptors (Lipinski definition) is 7. The number of amides is 1. The Hall–Kier alpha value is -3.53. The van der Waals surface area contributed by atoms with Crippen LogP contribution in [0.25, 0.3) is 5.73 Å². The zero-order valence-corrected chi connectivity index (χ0v) is 19.6. The van der Waals surface area contributed by atoms with Gasteiger partial charge in [0.15, 0.2) is 0 Å². The predicted molar refractivity (Wildman–Crippen MR) is 108 cm³/mol. The fourth-order valence-corrected chi connectivity index (χ4v) is 2.35. The summed E-state index contributed by atoms with van der Waals surface area (Å²) < 4.78 is 1.42. The van der Waals surface area contributed by atoms with Gasteiger partial charge in [0.1, 0.15) is 12.6 Å². The summed E-state index contributed by atoms with van der Waals surface area (Å²) in [7, 11) is 0. The maximum Gasteiger partial charge on any atom is 0.326 e. The van der Waals surface area contributed by atoms with E-state index in [1.165, 1.54) is 17.1 Å². The van der Waals surface area contributed by atoms with Crippen LogP contribution in [0.5, 0.6) is 0 Å². The van der Waals surface area contributed by atoms with Crippen LogP contribution in [0.3, 0.4) is 0 Å². The van der Waals surface area contributed by atoms with E-state index in [2.05, 4.69) is 30.7 Å². The molecule has 2 rings (SSSR count). The molecule has 0 aliphatic rings. The third kappa shape index (κ3) is 14.2. The van der Waals surface area contributed by atoms with Crippen LogP contribution in [-0.2, 0) is 68.6 Å². The van der Waals surface area contributed by atoms with Gasteiger partial charge in [-0.1, -0.05) is 30.3 Å². The zero-order chi connectivity index (χ0) is 25.1. The maximum atomic E-state index is 12.1. The third-order valence-corrected chi connectivity index (χ3v) is 3.64. The third-order valence-electron chi connectivity index (χ3n) is 3.64. The van der Waals surface area contributed by atoms with Gasteiger partial charge in [-0.2, -0.15) is 0 Å². The second-order valence-corrected chi connectivity index (χ2v) is 5.78. The van der Waals surface area contributed by atoms with Gasteiger partial charge in [0.05, 0.1) is 12.0 Å². The molecule has 4 radical (unpaired) electrons. The number of nitrogens with zero attached hydrogens (tertiary/aromatic N) is 2. The number of rotatable bonds is 9. The number of imidazole rings is 1. The Kier molecular flexibility index (Phi) is 21.1. The molecule has 33 heavy (non-hydrogen) atoms. The minimum absolute atomic E-state index is 0. The first-order valence-electron chi connectivity index (χ1n) is 8.47. The van der Waals surface area contributed by atoms with E-state index >= 15 is 0 Å². The van der Waals surface area contributed by atoms with Crippen LogP contribution in [0.2, 0.25) is 0 Å². The molecule has 1 aromatic carbocycles. The van der Waals surface area contributed by atoms with Crippen molar-refractivity contribution in [1.82, 2.24) is 14.9 Å². The number of carboxylic acid groups (broad SMARTS) is 2. The van der Waals surface area contributed by atoms with Gasteiger partial charge in [-0.05, 0) is 18.0 Å². The van der Waals surface area contributed by atoms with E-state index < -0.39 is 29.9 Å². The molecule has 1 heterocycles. The Morgan fingerprint density at radius 1 is 0.970 bits per heavy atom. The molecule has 2 atom stereocenters. The zero-order valence-electron chi connectivity index (χ0n) is 16.9. The summed E-state index contributed by atoms with van der Waals surface area (Å²) in [5.41, 5.74) is 8.53. The SMILES string of the molecule is [C-]=O.[C-]=O.[C-]=O.[NH-][C@@H](Cc1cn(CC(=O)N[C@H](Cc2ccccc2)C(=O)O)cn1)C(=O)O.[Re]. The number of hydrogen-bond donors (Lipinski definition) is 3. The molecule has 0 saturated carbocycles. The molecule has 1 aromatic heterocycles. The van der Waals surface area contributed by atoms with E-state index in [1.54, 1.807) is 24.3 Å². The molecule has 0 fully saturated rings. The first-order valence-corrected chi connectivity index (χ1v) is 8.47. The van der Waals surface area contributed by atoms with Crippen LogP contribution in [-0.4, -0.2) is 70.1 Å². The van der Waals surface area contributed by atoms with E-state index in [4.69, 9.17) is 25.2 Å². The summed E-state index contributed by atoms with van der Waals surface area (Å²) in [4.78, 5) is 60.6. The Morgan fingerprint density at radius 3 is 2.00 bits per heavy atom. The summed E-state index contributed by atoms with van der Waals surface area (Å²) in [6.07, 6.45) is 2.90. The molecular formula is C20H19N4O8Re-4. The normalized spacial score (nSPS) is 10.6. The van der Waals surface area contributed by atoms with E-state index in [0.717, 1.165) is 5.56 Å². The maximum absolute atomic E-state index is 12.1. The van der Waals surface area contributed by atoms with Gasteiger partial charge in [-0.15, -0.1) is 0 Å². The summed E-state index contributed by atoms with van der Waals surface area (Å²) in [6, 6.07) is 6.58. The van der Waals surface area contributed by atoms with Gasteiger partial charge in [0.2, 0.25) is 5.91 Å². The largest absolute Gasteiger partial charge is 0.665 e. The van der Waals surface area contributed by atoms with Gasteiger partial charge in [0, 0.05) is 33.0 Å². The van der Waals surface area contributed by atoms with Gasteiger partial charge in [0.25, 0.3) is 5.97 Å². The Balaban J connectivity index is -0.00000119. The van der Waals surface area contributed by atoms with Crippen molar-refractivity contribution in [1.29, 1.82) is 0 Å². The van der Waals surface area contributed by atoms with Gasteiger partial charge in [-0.3, -0.25) is 9.59 Å². The molecule has 1 amide bonds. The van der Waals surface area contributed by atoms with Crippen molar-refractivity contribution in [3.63, 3.8) is 0 Å². The molecule has 12 nitrogen and oxygen atoms in total. The summed E-state index contributed by atoms with van der Waals surface area (Å²) >= 11 is 0. The van der Waals surface area contributed by atoms with Gasteiger partial charge < -0.3 is 60.6 Å². The molecule has 0 saturated heterocycles. The number of carbonyl (C=O) groups is 3. The van der Waals surface area contributed by atoms with E-state index in [-0.39, 0.29) is 39.8 Å². The van der Waals surface area contributed by atoms with Crippen LogP contribution < -0.4 is 5.32 Å². The smallest absolute Gasteiger partial charge is 0.326 e. The molecule has 0 bridgehead atoms. The molecule has 178 valence electrons. The van der Waals surface area contributed by atoms with Crippen molar-refractivity contribution in [2.45, 2.75) is 31.5 Å². The van der Waals surface area contributed by atoms with E-state index in [9.17, 15) is 19.5 Å². The van der Waals surface area contributed by atoms with E-state index in [1.807, 2.05) is 6.07 Å². The summed E-state index contributed by atoms with van der Waals surface area (Å²) in [5, 5.41) is 20.5. The molecule has 0 aliphatic carbocycles. The number of carbonyl (C=O) groups excluding carboxylic acids is 4. The van der Waals surface area contributed by atoms with Crippen LogP contribution in [0.4, 0.5) is 0 Å². The molecule has 0 spiro atoms. The monoisotopic (exact) mass is 630 g/mol. The van der Waals surface area contributed by atoms with Gasteiger partial charge >= 0.3 is 5.97 Å². The number of aromatic nitrogens is 2. The minimum Gasteiger partial charge on any atom is -0.665 e. The topological polar surface area (TPSA) is 197 Å². The second-order valence-electron chi connectivity index (χ2n) is 5.78. The van der Waals surface area contributed by atoms with Crippen LogP contribution in [0, 0.1) is 0 Å². The molecule has 0 unspecified atom stereocenters. The first kappa shape index (κ1) is 34.1. The van der Waals surface area contributed by atoms with Crippen molar-refractivity contribution in [2.75, 3.05) is 0 Å². The van der Waals surface area contributed by atoms with Crippen LogP contribution >= 0.6 is 0 Å². The van der Waals surface area contributed by atoms with E-state index in [0.29, 0.717) is 5.69 Å². The van der Waals surface area contributed by atoms with Gasteiger partial charge in [-0.25, -0.2) is 9.78 Å². The minimum atomic E-state index is -1.32. The average molecular weight is 630 g/mol. The molecule has 13 heteroatoms. The fraction of sp³-hybridized carbons (Fsp3) is 0.250. The Bertz CT molecular complexity index is 830. The quantitative estimate of drug-likeness (QED) is 0.308. The second kappa shape index (κ2) is 20.4. The Labute approximate surface area is 203 Å². The van der Waals surface area contributed by atoms with Crippen molar-refractivity contribution in [3.8, 4) is 0 Å². The standard InChI is InChI=1S/C17H19N4O5.3CO.Re/c18-13(16(23)24)7-12-8-21(10-19-12)9-15(22)20-14(17(25)26)6-11-4-2-1-3-5-11;3*1-2;/h1-5,8,10,13-14,18H,6-7,9H2,(H,20,22)(H,23,24)(H,25,26);;;;/q4*-1;/t13-,14+;;;;/m0..../s1. The molecular weight excluding hydrogens is 610 g/mol. The number of aliphatic carboxylic acids is 2. The number of benzene rings is 1. The van der Waals surface area contributed by atoms with Crippen molar-refractivity contribution < 1.29 is 59.4 Å². The first-order chi connectivity index (χ1) is 15.3. The molecule has 0 aliphatic heterocycles. The van der Waals surface area contributed by atoms with Crippen molar-refractivity contribution in [3.05, 3.63) is 59.8 Å². The summed E-state index contributed by atoms with van der Waals surface area (Å²) in [5.74, 6) is -2.88. The van der Waals surface area contributed by atoms with Crippen LogP contribution in [0.1, 0.15) is 11.3 Å². The van der Waals surface area contributed by atoms with Crippen LogP contribution in [0.15, 0.2) is 42.9 Å². The number of nitrogens with one attached hydrogen (secondary N) is 2. The molecule has 2 aromatic rings. The Morgan fingerprint density at radius 2 is 1.52 bits per heavy atom. The molecule has 4 N–H and O–H groups in total. The summed E-state index contributed by atoms with van der Waals surface area (Å²) in [6.45, 7) is 13.3. The predicted octanol–water partition coefficient (Wildman–Crippen LogP) is -0.451. The fourth-order valence-electron chi connectivity index (χ4n) is 2.35. The van der Waals surface area contributed by atoms with Crippen molar-refractivity contribution in [2.24, 2.45) is 0 Å². The number of carboxylic acids is 2. The average Bonchev–Trinajstić information content (AvgIpc) is 3.24. The van der Waals surface area contributed by atoms with Crippen molar-refractivity contribution >= 4 is 38.2 Å².